The predicted molar refractivity (Wildman–Crippen MR) is 45.0 cm³/mol. The Labute approximate surface area is 88.1 Å². The summed E-state index contributed by atoms with van der Waals surface area (Å²) in [6.45, 7) is 1.24. The Kier molecular flexibility index (Phi) is 2.09. The summed E-state index contributed by atoms with van der Waals surface area (Å²) in [5.41, 5.74) is -2.16. The zero-order valence-corrected chi connectivity index (χ0v) is 8.57. The highest BCUT2D eigenvalue weighted by Crippen LogP contribution is 2.49. The maximum atomic E-state index is 13.6. The molecule has 1 atom stereocenters. The molecule has 0 aliphatic heterocycles. The van der Waals surface area contributed by atoms with Crippen LogP contribution < -0.4 is 0 Å². The van der Waals surface area contributed by atoms with Gasteiger partial charge in [0.2, 0.25) is 0 Å². The fraction of sp³-hybridized carbons (Fsp3) is 0.667. The van der Waals surface area contributed by atoms with E-state index in [4.69, 9.17) is 0 Å². The summed E-state index contributed by atoms with van der Waals surface area (Å²) in [5.74, 6) is -4.35. The summed E-state index contributed by atoms with van der Waals surface area (Å²) in [4.78, 5) is 0. The molecule has 0 bridgehead atoms. The minimum atomic E-state index is -4.68. The van der Waals surface area contributed by atoms with E-state index in [1.54, 1.807) is 0 Å². The summed E-state index contributed by atoms with van der Waals surface area (Å²) in [7, 11) is 1.11. The third kappa shape index (κ3) is 1.33. The fourth-order valence-corrected chi connectivity index (χ4v) is 2.07. The molecule has 0 spiro atoms. The van der Waals surface area contributed by atoms with Gasteiger partial charge in [-0.3, -0.25) is 4.68 Å². The van der Waals surface area contributed by atoms with E-state index in [1.807, 2.05) is 0 Å². The minimum Gasteiger partial charge on any atom is -0.266 e. The molecule has 0 aromatic carbocycles. The highest BCUT2D eigenvalue weighted by atomic mass is 19.4. The summed E-state index contributed by atoms with van der Waals surface area (Å²) in [6.07, 6.45) is -4.96. The molecule has 90 valence electrons. The molecule has 1 heterocycles. The van der Waals surface area contributed by atoms with Crippen LogP contribution in [0.15, 0.2) is 0 Å². The number of fused-ring (bicyclic) bond motifs is 1. The van der Waals surface area contributed by atoms with Gasteiger partial charge in [-0.2, -0.15) is 27.1 Å². The van der Waals surface area contributed by atoms with Gasteiger partial charge in [0.1, 0.15) is 5.69 Å². The van der Waals surface area contributed by atoms with Crippen LogP contribution in [0.3, 0.4) is 0 Å². The monoisotopic (exact) mass is 240 g/mol. The summed E-state index contributed by atoms with van der Waals surface area (Å²) in [6, 6.07) is 0. The van der Waals surface area contributed by atoms with Crippen LogP contribution in [-0.2, 0) is 25.6 Å². The molecule has 1 aliphatic carbocycles. The van der Waals surface area contributed by atoms with E-state index >= 15 is 0 Å². The Morgan fingerprint density at radius 1 is 1.38 bits per heavy atom. The van der Waals surface area contributed by atoms with Crippen LogP contribution in [0, 0.1) is 5.92 Å². The quantitative estimate of drug-likeness (QED) is 0.637. The molecule has 0 radical (unpaired) electrons. The van der Waals surface area contributed by atoms with Gasteiger partial charge >= 0.3 is 6.18 Å². The Morgan fingerprint density at radius 2 is 1.94 bits per heavy atom. The first-order chi connectivity index (χ1) is 7.15. The number of hydrogen-bond acceptors (Lipinski definition) is 1. The number of hydrogen-bond donors (Lipinski definition) is 0. The van der Waals surface area contributed by atoms with Crippen molar-refractivity contribution >= 4 is 0 Å². The van der Waals surface area contributed by atoms with Crippen LogP contribution in [0.5, 0.6) is 0 Å². The lowest BCUT2D eigenvalue weighted by Crippen LogP contribution is -2.22. The molecule has 1 aliphatic rings. The second kappa shape index (κ2) is 2.95. The molecule has 1 aromatic heterocycles. The predicted octanol–water partition coefficient (Wildman–Crippen LogP) is 2.72. The highest BCUT2D eigenvalue weighted by Gasteiger charge is 2.53. The average Bonchev–Trinajstić information content (AvgIpc) is 2.51. The van der Waals surface area contributed by atoms with Crippen molar-refractivity contribution in [1.82, 2.24) is 9.78 Å². The summed E-state index contributed by atoms with van der Waals surface area (Å²) in [5, 5.41) is 3.15. The van der Waals surface area contributed by atoms with Gasteiger partial charge in [-0.05, 0) is 6.42 Å². The van der Waals surface area contributed by atoms with Crippen LogP contribution >= 0.6 is 0 Å². The lowest BCUT2D eigenvalue weighted by molar-refractivity contribution is -0.142. The van der Waals surface area contributed by atoms with E-state index in [2.05, 4.69) is 5.10 Å². The van der Waals surface area contributed by atoms with Crippen molar-refractivity contribution < 1.29 is 22.0 Å². The molecule has 16 heavy (non-hydrogen) atoms. The summed E-state index contributed by atoms with van der Waals surface area (Å²) >= 11 is 0. The van der Waals surface area contributed by atoms with Crippen LogP contribution in [0.25, 0.3) is 0 Å². The topological polar surface area (TPSA) is 17.8 Å². The Hall–Kier alpha value is -1.14. The minimum absolute atomic E-state index is 0.287. The van der Waals surface area contributed by atoms with Gasteiger partial charge in [-0.25, -0.2) is 0 Å². The molecule has 0 saturated carbocycles. The Balaban J connectivity index is 2.64. The first-order valence-electron chi connectivity index (χ1n) is 4.67. The lowest BCUT2D eigenvalue weighted by Gasteiger charge is -2.16. The molecule has 0 saturated heterocycles. The number of aromatic nitrogens is 2. The van der Waals surface area contributed by atoms with E-state index in [0.29, 0.717) is 4.68 Å². The first kappa shape index (κ1) is 11.3. The Bertz CT molecular complexity index is 432. The highest BCUT2D eigenvalue weighted by molar-refractivity contribution is 5.37. The van der Waals surface area contributed by atoms with Gasteiger partial charge in [-0.1, -0.05) is 6.92 Å². The second-order valence-electron chi connectivity index (χ2n) is 4.03. The molecule has 0 N–H and O–H groups in total. The zero-order valence-electron chi connectivity index (χ0n) is 8.57. The van der Waals surface area contributed by atoms with Crippen molar-refractivity contribution in [2.75, 3.05) is 0 Å². The van der Waals surface area contributed by atoms with E-state index < -0.39 is 29.4 Å². The van der Waals surface area contributed by atoms with Crippen molar-refractivity contribution in [1.29, 1.82) is 0 Å². The maximum absolute atomic E-state index is 13.6. The number of halogens is 5. The van der Waals surface area contributed by atoms with E-state index in [1.165, 1.54) is 6.92 Å². The zero-order chi connectivity index (χ0) is 12.3. The molecule has 2 nitrogen and oxygen atoms in total. The van der Waals surface area contributed by atoms with Gasteiger partial charge < -0.3 is 0 Å². The lowest BCUT2D eigenvalue weighted by atomic mass is 10.1. The molecule has 0 unspecified atom stereocenters. The van der Waals surface area contributed by atoms with Crippen LogP contribution in [0.4, 0.5) is 22.0 Å². The number of nitrogens with zero attached hydrogens (tertiary/aromatic N) is 2. The van der Waals surface area contributed by atoms with Crippen LogP contribution in [-0.4, -0.2) is 9.78 Å². The maximum Gasteiger partial charge on any atom is 0.435 e. The fourth-order valence-electron chi connectivity index (χ4n) is 2.07. The third-order valence-electron chi connectivity index (χ3n) is 2.86. The van der Waals surface area contributed by atoms with Crippen molar-refractivity contribution in [3.8, 4) is 0 Å². The third-order valence-corrected chi connectivity index (χ3v) is 2.86. The largest absolute Gasteiger partial charge is 0.435 e. The van der Waals surface area contributed by atoms with Gasteiger partial charge in [0.25, 0.3) is 5.92 Å². The molecule has 0 fully saturated rings. The number of rotatable bonds is 0. The Morgan fingerprint density at radius 3 is 2.44 bits per heavy atom. The molecular weight excluding hydrogens is 231 g/mol. The van der Waals surface area contributed by atoms with Crippen molar-refractivity contribution in [2.24, 2.45) is 13.0 Å². The number of alkyl halides is 5. The molecular formula is C9H9F5N2. The van der Waals surface area contributed by atoms with Crippen LogP contribution in [0.2, 0.25) is 0 Å². The standard InChI is InChI=1S/C9H9F5N2/c1-4-3-5-6(9(12,13)14)15-16(2)7(5)8(4,10)11/h4H,3H2,1-2H3/t4-/m1/s1. The number of aryl methyl sites for hydroxylation is 1. The van der Waals surface area contributed by atoms with Crippen molar-refractivity contribution in [2.45, 2.75) is 25.4 Å². The molecule has 2 rings (SSSR count). The van der Waals surface area contributed by atoms with Crippen molar-refractivity contribution in [3.05, 3.63) is 17.0 Å². The van der Waals surface area contributed by atoms with Gasteiger partial charge in [-0.15, -0.1) is 0 Å². The second-order valence-corrected chi connectivity index (χ2v) is 4.03. The van der Waals surface area contributed by atoms with Crippen molar-refractivity contribution in [3.63, 3.8) is 0 Å². The smallest absolute Gasteiger partial charge is 0.266 e. The van der Waals surface area contributed by atoms with E-state index in [9.17, 15) is 22.0 Å². The van der Waals surface area contributed by atoms with Gasteiger partial charge in [0.05, 0.1) is 0 Å². The molecule has 0 amide bonds. The molecule has 7 heteroatoms. The SMILES string of the molecule is C[C@@H]1Cc2c(C(F)(F)F)nn(C)c2C1(F)F. The van der Waals surface area contributed by atoms with E-state index in [0.717, 1.165) is 7.05 Å². The average molecular weight is 240 g/mol. The molecule has 1 aromatic rings. The first-order valence-corrected chi connectivity index (χ1v) is 4.67. The summed E-state index contributed by atoms with van der Waals surface area (Å²) < 4.78 is 65.3. The van der Waals surface area contributed by atoms with Gasteiger partial charge in [0.15, 0.2) is 5.69 Å². The normalized spacial score (nSPS) is 23.6. The van der Waals surface area contributed by atoms with E-state index in [-0.39, 0.29) is 12.0 Å². The van der Waals surface area contributed by atoms with Crippen LogP contribution in [0.1, 0.15) is 23.9 Å². The van der Waals surface area contributed by atoms with Gasteiger partial charge in [0, 0.05) is 18.5 Å².